The van der Waals surface area contributed by atoms with E-state index in [-0.39, 0.29) is 28.2 Å². The monoisotopic (exact) mass is 327 g/mol. The standard InChI is InChI=1S/C13H11ClFN3O2S/c1-16-12(20)13-18-10(6-21-13)11(19)17-5-7-2-3-8(15)4-9(7)14/h2-4,6H,5H2,1H3,(H,16,20)(H,17,19). The summed E-state index contributed by atoms with van der Waals surface area (Å²) in [5.74, 6) is -1.22. The Hall–Kier alpha value is -1.99. The van der Waals surface area contributed by atoms with Crippen LogP contribution in [0.2, 0.25) is 5.02 Å². The van der Waals surface area contributed by atoms with E-state index >= 15 is 0 Å². The fourth-order valence-corrected chi connectivity index (χ4v) is 2.50. The van der Waals surface area contributed by atoms with E-state index in [1.165, 1.54) is 30.6 Å². The van der Waals surface area contributed by atoms with Gasteiger partial charge in [0.25, 0.3) is 11.8 Å². The minimum Gasteiger partial charge on any atom is -0.353 e. The molecule has 2 amide bonds. The van der Waals surface area contributed by atoms with E-state index in [4.69, 9.17) is 11.6 Å². The molecule has 1 heterocycles. The molecule has 8 heteroatoms. The number of nitrogens with one attached hydrogen (secondary N) is 2. The van der Waals surface area contributed by atoms with Crippen LogP contribution < -0.4 is 10.6 Å². The van der Waals surface area contributed by atoms with E-state index in [1.807, 2.05) is 0 Å². The summed E-state index contributed by atoms with van der Waals surface area (Å²) in [5.41, 5.74) is 0.741. The largest absolute Gasteiger partial charge is 0.353 e. The normalized spacial score (nSPS) is 10.2. The summed E-state index contributed by atoms with van der Waals surface area (Å²) in [5, 5.41) is 6.98. The molecule has 0 atom stereocenters. The van der Waals surface area contributed by atoms with Gasteiger partial charge in [0, 0.05) is 24.0 Å². The highest BCUT2D eigenvalue weighted by Gasteiger charge is 2.14. The van der Waals surface area contributed by atoms with Crippen molar-refractivity contribution in [3.63, 3.8) is 0 Å². The fraction of sp³-hybridized carbons (Fsp3) is 0.154. The van der Waals surface area contributed by atoms with E-state index in [1.54, 1.807) is 0 Å². The number of halogens is 2. The minimum atomic E-state index is -0.440. The first kappa shape index (κ1) is 15.4. The molecule has 1 aromatic heterocycles. The van der Waals surface area contributed by atoms with Crippen molar-refractivity contribution in [1.82, 2.24) is 15.6 Å². The number of hydrogen-bond acceptors (Lipinski definition) is 4. The Bertz CT molecular complexity index is 690. The number of aromatic nitrogens is 1. The lowest BCUT2D eigenvalue weighted by Crippen LogP contribution is -2.24. The third-order valence-corrected chi connectivity index (χ3v) is 3.81. The molecule has 0 aliphatic carbocycles. The third-order valence-electron chi connectivity index (χ3n) is 2.61. The molecule has 0 aliphatic rings. The number of rotatable bonds is 4. The SMILES string of the molecule is CNC(=O)c1nc(C(=O)NCc2ccc(F)cc2Cl)cs1. The van der Waals surface area contributed by atoms with Crippen LogP contribution in [0.15, 0.2) is 23.6 Å². The molecule has 0 saturated carbocycles. The van der Waals surface area contributed by atoms with Gasteiger partial charge in [0.1, 0.15) is 11.5 Å². The highest BCUT2D eigenvalue weighted by Crippen LogP contribution is 2.17. The zero-order valence-corrected chi connectivity index (χ0v) is 12.5. The Kier molecular flexibility index (Phi) is 4.87. The number of amides is 2. The Labute approximate surface area is 129 Å². The van der Waals surface area contributed by atoms with Crippen molar-refractivity contribution in [2.45, 2.75) is 6.54 Å². The maximum Gasteiger partial charge on any atom is 0.280 e. The van der Waals surface area contributed by atoms with Crippen LogP contribution in [0.3, 0.4) is 0 Å². The molecule has 1 aromatic carbocycles. The molecule has 0 unspecified atom stereocenters. The molecule has 2 N–H and O–H groups in total. The van der Waals surface area contributed by atoms with Crippen molar-refractivity contribution in [1.29, 1.82) is 0 Å². The molecule has 2 rings (SSSR count). The van der Waals surface area contributed by atoms with E-state index in [9.17, 15) is 14.0 Å². The molecule has 2 aromatic rings. The molecule has 0 fully saturated rings. The van der Waals surface area contributed by atoms with Gasteiger partial charge in [-0.2, -0.15) is 0 Å². The van der Waals surface area contributed by atoms with Gasteiger partial charge < -0.3 is 10.6 Å². The summed E-state index contributed by atoms with van der Waals surface area (Å²) >= 11 is 6.94. The quantitative estimate of drug-likeness (QED) is 0.904. The van der Waals surface area contributed by atoms with Crippen molar-refractivity contribution >= 4 is 34.8 Å². The predicted molar refractivity (Wildman–Crippen MR) is 78.1 cm³/mol. The second-order valence-electron chi connectivity index (χ2n) is 4.04. The van der Waals surface area contributed by atoms with Crippen LogP contribution in [-0.2, 0) is 6.54 Å². The smallest absolute Gasteiger partial charge is 0.280 e. The van der Waals surface area contributed by atoms with Gasteiger partial charge in [0.05, 0.1) is 0 Å². The number of carbonyl (C=O) groups excluding carboxylic acids is 2. The van der Waals surface area contributed by atoms with Gasteiger partial charge in [0.15, 0.2) is 5.01 Å². The first-order valence-corrected chi connectivity index (χ1v) is 7.16. The zero-order valence-electron chi connectivity index (χ0n) is 10.9. The maximum atomic E-state index is 12.9. The van der Waals surface area contributed by atoms with Crippen molar-refractivity contribution in [2.24, 2.45) is 0 Å². The number of carbonyl (C=O) groups is 2. The van der Waals surface area contributed by atoms with E-state index in [0.29, 0.717) is 5.56 Å². The third kappa shape index (κ3) is 3.77. The van der Waals surface area contributed by atoms with Crippen LogP contribution in [0.4, 0.5) is 4.39 Å². The van der Waals surface area contributed by atoms with Crippen LogP contribution in [-0.4, -0.2) is 23.8 Å². The Morgan fingerprint density at radius 3 is 2.81 bits per heavy atom. The van der Waals surface area contributed by atoms with Crippen molar-refractivity contribution in [2.75, 3.05) is 7.05 Å². The minimum absolute atomic E-state index is 0.144. The van der Waals surface area contributed by atoms with E-state index in [2.05, 4.69) is 15.6 Å². The van der Waals surface area contributed by atoms with Crippen LogP contribution in [0.1, 0.15) is 25.9 Å². The molecule has 0 spiro atoms. The predicted octanol–water partition coefficient (Wildman–Crippen LogP) is 2.23. The molecule has 0 aliphatic heterocycles. The van der Waals surface area contributed by atoms with Crippen LogP contribution in [0.5, 0.6) is 0 Å². The Balaban J connectivity index is 2.01. The first-order chi connectivity index (χ1) is 10.0. The highest BCUT2D eigenvalue weighted by atomic mass is 35.5. The van der Waals surface area contributed by atoms with E-state index in [0.717, 1.165) is 11.3 Å². The summed E-state index contributed by atoms with van der Waals surface area (Å²) in [6.07, 6.45) is 0. The number of benzene rings is 1. The van der Waals surface area contributed by atoms with Crippen molar-refractivity contribution in [3.8, 4) is 0 Å². The van der Waals surface area contributed by atoms with Crippen LogP contribution in [0, 0.1) is 5.82 Å². The van der Waals surface area contributed by atoms with Crippen molar-refractivity contribution < 1.29 is 14.0 Å². The molecule has 21 heavy (non-hydrogen) atoms. The fourth-order valence-electron chi connectivity index (χ4n) is 1.52. The summed E-state index contributed by atoms with van der Waals surface area (Å²) in [7, 11) is 1.49. The summed E-state index contributed by atoms with van der Waals surface area (Å²) < 4.78 is 12.9. The molecule has 5 nitrogen and oxygen atoms in total. The highest BCUT2D eigenvalue weighted by molar-refractivity contribution is 7.11. The number of nitrogens with zero attached hydrogens (tertiary/aromatic N) is 1. The van der Waals surface area contributed by atoms with Gasteiger partial charge in [-0.3, -0.25) is 9.59 Å². The first-order valence-electron chi connectivity index (χ1n) is 5.91. The number of thiazole rings is 1. The summed E-state index contributed by atoms with van der Waals surface area (Å²) in [6.45, 7) is 0.144. The van der Waals surface area contributed by atoms with Crippen molar-refractivity contribution in [3.05, 3.63) is 50.7 Å². The topological polar surface area (TPSA) is 71.1 Å². The second kappa shape index (κ2) is 6.64. The van der Waals surface area contributed by atoms with E-state index < -0.39 is 11.7 Å². The lowest BCUT2D eigenvalue weighted by Gasteiger charge is -2.05. The maximum absolute atomic E-state index is 12.9. The average molecular weight is 328 g/mol. The summed E-state index contributed by atoms with van der Waals surface area (Å²) in [6, 6.07) is 3.93. The summed E-state index contributed by atoms with van der Waals surface area (Å²) in [4.78, 5) is 27.2. The average Bonchev–Trinajstić information content (AvgIpc) is 2.95. The molecule has 110 valence electrons. The Morgan fingerprint density at radius 1 is 1.38 bits per heavy atom. The van der Waals surface area contributed by atoms with Crippen LogP contribution >= 0.6 is 22.9 Å². The molecular formula is C13H11ClFN3O2S. The lowest BCUT2D eigenvalue weighted by molar-refractivity contribution is 0.0946. The zero-order chi connectivity index (χ0) is 15.4. The molecule has 0 saturated heterocycles. The Morgan fingerprint density at radius 2 is 2.14 bits per heavy atom. The molecule has 0 bridgehead atoms. The van der Waals surface area contributed by atoms with Gasteiger partial charge >= 0.3 is 0 Å². The molecule has 0 radical (unpaired) electrons. The number of hydrogen-bond donors (Lipinski definition) is 2. The lowest BCUT2D eigenvalue weighted by atomic mass is 10.2. The van der Waals surface area contributed by atoms with Gasteiger partial charge in [-0.05, 0) is 17.7 Å². The van der Waals surface area contributed by atoms with Gasteiger partial charge in [0.2, 0.25) is 0 Å². The van der Waals surface area contributed by atoms with Gasteiger partial charge in [-0.1, -0.05) is 17.7 Å². The van der Waals surface area contributed by atoms with Crippen LogP contribution in [0.25, 0.3) is 0 Å². The molecular weight excluding hydrogens is 317 g/mol. The second-order valence-corrected chi connectivity index (χ2v) is 5.30. The van der Waals surface area contributed by atoms with Gasteiger partial charge in [-0.15, -0.1) is 11.3 Å². The van der Waals surface area contributed by atoms with Gasteiger partial charge in [-0.25, -0.2) is 9.37 Å².